The van der Waals surface area contributed by atoms with E-state index in [9.17, 15) is 13.2 Å². The minimum Gasteiger partial charge on any atom is -0.494 e. The third-order valence-corrected chi connectivity index (χ3v) is 8.41. The molecule has 0 aliphatic carbocycles. The number of aryl methyl sites for hydroxylation is 2. The number of benzene rings is 2. The van der Waals surface area contributed by atoms with Crippen LogP contribution in [0.15, 0.2) is 53.4 Å². The summed E-state index contributed by atoms with van der Waals surface area (Å²) in [7, 11) is -3.75. The van der Waals surface area contributed by atoms with Gasteiger partial charge in [0, 0.05) is 17.0 Å². The maximum atomic E-state index is 13.2. The fourth-order valence-corrected chi connectivity index (χ4v) is 6.41. The van der Waals surface area contributed by atoms with E-state index in [-0.39, 0.29) is 10.8 Å². The van der Waals surface area contributed by atoms with Crippen LogP contribution in [0.2, 0.25) is 0 Å². The van der Waals surface area contributed by atoms with Crippen LogP contribution in [0.5, 0.6) is 5.75 Å². The van der Waals surface area contributed by atoms with Crippen molar-refractivity contribution >= 4 is 32.4 Å². The maximum absolute atomic E-state index is 13.2. The van der Waals surface area contributed by atoms with Crippen LogP contribution in [0.25, 0.3) is 11.3 Å². The first kappa shape index (κ1) is 23.4. The molecule has 7 nitrogen and oxygen atoms in total. The Morgan fingerprint density at radius 3 is 2.52 bits per heavy atom. The van der Waals surface area contributed by atoms with Gasteiger partial charge in [0.05, 0.1) is 17.2 Å². The van der Waals surface area contributed by atoms with Gasteiger partial charge in [-0.3, -0.25) is 4.79 Å². The summed E-state index contributed by atoms with van der Waals surface area (Å²) in [6, 6.07) is 13.6. The summed E-state index contributed by atoms with van der Waals surface area (Å²) in [5, 5.41) is 3.31. The normalized spacial score (nSPS) is 16.6. The number of rotatable bonds is 7. The second kappa shape index (κ2) is 9.62. The summed E-state index contributed by atoms with van der Waals surface area (Å²) in [4.78, 5) is 18.8. The number of amides is 1. The molecule has 1 atom stereocenters. The molecule has 1 amide bonds. The Labute approximate surface area is 198 Å². The molecular weight excluding hydrogens is 458 g/mol. The summed E-state index contributed by atoms with van der Waals surface area (Å²) in [5.74, 6) is 0.439. The Balaban J connectivity index is 1.51. The Morgan fingerprint density at radius 2 is 1.85 bits per heavy atom. The zero-order chi connectivity index (χ0) is 23.6. The number of hydrogen-bond donors (Lipinski definition) is 1. The maximum Gasteiger partial charge on any atom is 0.244 e. The molecule has 4 rings (SSSR count). The number of ether oxygens (including phenoxy) is 1. The summed E-state index contributed by atoms with van der Waals surface area (Å²) in [5.41, 5.74) is 2.69. The van der Waals surface area contributed by atoms with Gasteiger partial charge < -0.3 is 10.1 Å². The predicted octanol–water partition coefficient (Wildman–Crippen LogP) is 4.62. The highest BCUT2D eigenvalue weighted by Crippen LogP contribution is 2.33. The van der Waals surface area contributed by atoms with Gasteiger partial charge in [0.1, 0.15) is 11.8 Å². The molecule has 33 heavy (non-hydrogen) atoms. The molecule has 2 aromatic carbocycles. The van der Waals surface area contributed by atoms with Gasteiger partial charge in [-0.25, -0.2) is 13.4 Å². The molecule has 1 aliphatic rings. The zero-order valence-corrected chi connectivity index (χ0v) is 20.5. The number of hydrogen-bond acceptors (Lipinski definition) is 6. The molecule has 1 saturated heterocycles. The van der Waals surface area contributed by atoms with Gasteiger partial charge in [0.15, 0.2) is 5.13 Å². The van der Waals surface area contributed by atoms with E-state index in [1.54, 1.807) is 24.3 Å². The van der Waals surface area contributed by atoms with Crippen LogP contribution in [0.4, 0.5) is 5.13 Å². The number of thiazole rings is 1. The van der Waals surface area contributed by atoms with Crippen LogP contribution in [0, 0.1) is 13.8 Å². The van der Waals surface area contributed by atoms with Crippen LogP contribution < -0.4 is 10.1 Å². The van der Waals surface area contributed by atoms with E-state index in [0.29, 0.717) is 31.1 Å². The molecule has 0 bridgehead atoms. The quantitative estimate of drug-likeness (QED) is 0.528. The monoisotopic (exact) mass is 485 g/mol. The van der Waals surface area contributed by atoms with Crippen molar-refractivity contribution in [2.45, 2.75) is 44.6 Å². The van der Waals surface area contributed by atoms with Crippen LogP contribution in [-0.4, -0.2) is 42.8 Å². The number of sulfonamides is 1. The Kier molecular flexibility index (Phi) is 6.83. The summed E-state index contributed by atoms with van der Waals surface area (Å²) in [6.07, 6.45) is 1.12. The van der Waals surface area contributed by atoms with E-state index >= 15 is 0 Å². The lowest BCUT2D eigenvalue weighted by Gasteiger charge is -2.23. The highest BCUT2D eigenvalue weighted by atomic mass is 32.2. The number of carbonyl (C=O) groups is 1. The van der Waals surface area contributed by atoms with Crippen LogP contribution in [0.3, 0.4) is 0 Å². The molecular formula is C24H27N3O4S2. The molecule has 174 valence electrons. The molecule has 2 heterocycles. The van der Waals surface area contributed by atoms with Gasteiger partial charge in [-0.2, -0.15) is 4.31 Å². The average molecular weight is 486 g/mol. The molecule has 1 N–H and O–H groups in total. The number of aromatic nitrogens is 1. The zero-order valence-electron chi connectivity index (χ0n) is 18.9. The molecule has 0 saturated carbocycles. The van der Waals surface area contributed by atoms with Gasteiger partial charge in [0.2, 0.25) is 15.9 Å². The van der Waals surface area contributed by atoms with Crippen molar-refractivity contribution in [1.82, 2.24) is 9.29 Å². The molecule has 9 heteroatoms. The number of anilines is 1. The summed E-state index contributed by atoms with van der Waals surface area (Å²) in [6.45, 7) is 6.71. The lowest BCUT2D eigenvalue weighted by Crippen LogP contribution is -2.43. The Morgan fingerprint density at radius 1 is 1.15 bits per heavy atom. The topological polar surface area (TPSA) is 88.6 Å². The molecule has 1 unspecified atom stereocenters. The van der Waals surface area contributed by atoms with Crippen molar-refractivity contribution in [1.29, 1.82) is 0 Å². The molecule has 0 spiro atoms. The highest BCUT2D eigenvalue weighted by molar-refractivity contribution is 7.89. The molecule has 1 aromatic heterocycles. The van der Waals surface area contributed by atoms with Crippen molar-refractivity contribution in [2.75, 3.05) is 18.5 Å². The summed E-state index contributed by atoms with van der Waals surface area (Å²) >= 11 is 1.38. The first-order valence-electron chi connectivity index (χ1n) is 10.9. The third-order valence-electron chi connectivity index (χ3n) is 5.60. The molecule has 1 fully saturated rings. The SMILES string of the molecule is CCOc1ccc(-c2nc(NC(=O)C3CCCN3S(=O)(=O)c3ccc(C)cc3)sc2C)cc1. The molecule has 3 aromatic rings. The fraction of sp³-hybridized carbons (Fsp3) is 0.333. The number of nitrogens with one attached hydrogen (secondary N) is 1. The number of carbonyl (C=O) groups excluding carboxylic acids is 1. The second-order valence-corrected chi connectivity index (χ2v) is 11.1. The van der Waals surface area contributed by atoms with Gasteiger partial charge in [-0.15, -0.1) is 11.3 Å². The van der Waals surface area contributed by atoms with Crippen LogP contribution in [-0.2, 0) is 14.8 Å². The van der Waals surface area contributed by atoms with Gasteiger partial charge in [-0.1, -0.05) is 17.7 Å². The third kappa shape index (κ3) is 4.95. The largest absolute Gasteiger partial charge is 0.494 e. The van der Waals surface area contributed by atoms with Gasteiger partial charge in [0.25, 0.3) is 0 Å². The highest BCUT2D eigenvalue weighted by Gasteiger charge is 2.39. The van der Waals surface area contributed by atoms with Crippen LogP contribution in [0.1, 0.15) is 30.2 Å². The average Bonchev–Trinajstić information content (AvgIpc) is 3.42. The Bertz CT molecular complexity index is 1240. The minimum atomic E-state index is -3.75. The van der Waals surface area contributed by atoms with E-state index in [2.05, 4.69) is 10.3 Å². The lowest BCUT2D eigenvalue weighted by atomic mass is 10.1. The lowest BCUT2D eigenvalue weighted by molar-refractivity contribution is -0.119. The van der Waals surface area contributed by atoms with Crippen molar-refractivity contribution in [3.8, 4) is 17.0 Å². The number of nitrogens with zero attached hydrogens (tertiary/aromatic N) is 2. The molecule has 1 aliphatic heterocycles. The van der Waals surface area contributed by atoms with E-state index in [1.807, 2.05) is 45.0 Å². The summed E-state index contributed by atoms with van der Waals surface area (Å²) < 4.78 is 33.1. The standard InChI is InChI=1S/C24H27N3O4S2/c1-4-31-19-11-9-18(10-12-19)22-17(3)32-24(25-22)26-23(28)21-6-5-15-27(21)33(29,30)20-13-7-16(2)8-14-20/h7-14,21H,4-6,15H2,1-3H3,(H,25,26,28). The Hall–Kier alpha value is -2.75. The second-order valence-electron chi connectivity index (χ2n) is 7.96. The van der Waals surface area contributed by atoms with Crippen molar-refractivity contribution in [3.05, 3.63) is 59.0 Å². The van der Waals surface area contributed by atoms with E-state index in [1.165, 1.54) is 15.6 Å². The smallest absolute Gasteiger partial charge is 0.244 e. The van der Waals surface area contributed by atoms with Crippen LogP contribution >= 0.6 is 11.3 Å². The predicted molar refractivity (Wildman–Crippen MR) is 130 cm³/mol. The first-order valence-corrected chi connectivity index (χ1v) is 13.2. The molecule has 0 radical (unpaired) electrons. The van der Waals surface area contributed by atoms with Crippen molar-refractivity contribution < 1.29 is 17.9 Å². The van der Waals surface area contributed by atoms with Gasteiger partial charge >= 0.3 is 0 Å². The van der Waals surface area contributed by atoms with E-state index < -0.39 is 16.1 Å². The minimum absolute atomic E-state index is 0.204. The van der Waals surface area contributed by atoms with Crippen molar-refractivity contribution in [2.24, 2.45) is 0 Å². The fourth-order valence-electron chi connectivity index (χ4n) is 3.92. The van der Waals surface area contributed by atoms with E-state index in [0.717, 1.165) is 27.4 Å². The van der Waals surface area contributed by atoms with Crippen molar-refractivity contribution in [3.63, 3.8) is 0 Å². The first-order chi connectivity index (χ1) is 15.8. The van der Waals surface area contributed by atoms with Gasteiger partial charge in [-0.05, 0) is 70.0 Å². The van der Waals surface area contributed by atoms with E-state index in [4.69, 9.17) is 4.74 Å².